The Morgan fingerprint density at radius 2 is 1.83 bits per heavy atom. The Labute approximate surface area is 143 Å². The predicted molar refractivity (Wildman–Crippen MR) is 96.6 cm³/mol. The lowest BCUT2D eigenvalue weighted by Crippen LogP contribution is -2.19. The van der Waals surface area contributed by atoms with Crippen molar-refractivity contribution in [1.29, 1.82) is 0 Å². The number of methoxy groups -OCH3 is 1. The van der Waals surface area contributed by atoms with Crippen molar-refractivity contribution in [2.75, 3.05) is 7.11 Å². The molecule has 0 saturated heterocycles. The van der Waals surface area contributed by atoms with Crippen LogP contribution >= 0.6 is 11.8 Å². The third-order valence-electron chi connectivity index (χ3n) is 3.90. The predicted octanol–water partition coefficient (Wildman–Crippen LogP) is 3.92. The molecule has 3 aromatic rings. The number of aromatic amines is 1. The van der Waals surface area contributed by atoms with Gasteiger partial charge in [-0.25, -0.2) is 4.79 Å². The third-order valence-corrected chi connectivity index (χ3v) is 4.95. The summed E-state index contributed by atoms with van der Waals surface area (Å²) in [5.74, 6) is 0.0413. The van der Waals surface area contributed by atoms with Gasteiger partial charge in [0.15, 0.2) is 0 Å². The van der Waals surface area contributed by atoms with Crippen molar-refractivity contribution in [3.63, 3.8) is 0 Å². The molecule has 1 aromatic heterocycles. The van der Waals surface area contributed by atoms with Crippen LogP contribution in [0.4, 0.5) is 0 Å². The smallest absolute Gasteiger partial charge is 0.344 e. The van der Waals surface area contributed by atoms with Crippen LogP contribution in [0.2, 0.25) is 0 Å². The molecule has 0 amide bonds. The summed E-state index contributed by atoms with van der Waals surface area (Å²) in [6.45, 7) is 2.04. The molecule has 0 saturated carbocycles. The van der Waals surface area contributed by atoms with Crippen molar-refractivity contribution in [2.45, 2.75) is 17.7 Å². The molecule has 4 nitrogen and oxygen atoms in total. The summed E-state index contributed by atoms with van der Waals surface area (Å²) in [6.07, 6.45) is 0. The van der Waals surface area contributed by atoms with E-state index in [-0.39, 0.29) is 11.0 Å². The van der Waals surface area contributed by atoms with Crippen molar-refractivity contribution in [3.8, 4) is 0 Å². The number of hydrogen-bond donors (Lipinski definition) is 1. The largest absolute Gasteiger partial charge is 0.465 e. The van der Waals surface area contributed by atoms with Gasteiger partial charge >= 0.3 is 5.97 Å². The molecule has 0 aliphatic heterocycles. The number of nitrogens with one attached hydrogen (secondary N) is 1. The van der Waals surface area contributed by atoms with Crippen LogP contribution in [-0.2, 0) is 10.5 Å². The van der Waals surface area contributed by atoms with Gasteiger partial charge in [0.05, 0.1) is 17.7 Å². The Morgan fingerprint density at radius 1 is 1.12 bits per heavy atom. The van der Waals surface area contributed by atoms with E-state index in [0.717, 1.165) is 5.56 Å². The van der Waals surface area contributed by atoms with Gasteiger partial charge in [-0.05, 0) is 30.2 Å². The van der Waals surface area contributed by atoms with Crippen LogP contribution in [0.3, 0.4) is 0 Å². The molecular weight excluding hydrogens is 322 g/mol. The fraction of sp³-hybridized carbons (Fsp3) is 0.158. The molecule has 1 N–H and O–H groups in total. The summed E-state index contributed by atoms with van der Waals surface area (Å²) >= 11 is 1.43. The molecule has 0 fully saturated rings. The van der Waals surface area contributed by atoms with Crippen LogP contribution in [0.15, 0.2) is 58.4 Å². The van der Waals surface area contributed by atoms with Gasteiger partial charge in [0.25, 0.3) is 0 Å². The summed E-state index contributed by atoms with van der Waals surface area (Å²) < 4.78 is 4.81. The van der Waals surface area contributed by atoms with Crippen molar-refractivity contribution in [2.24, 2.45) is 0 Å². The highest BCUT2D eigenvalue weighted by molar-refractivity contribution is 7.98. The van der Waals surface area contributed by atoms with Crippen LogP contribution in [0.1, 0.15) is 21.5 Å². The highest BCUT2D eigenvalue weighted by Gasteiger charge is 2.20. The summed E-state index contributed by atoms with van der Waals surface area (Å²) in [4.78, 5) is 28.0. The summed E-state index contributed by atoms with van der Waals surface area (Å²) in [7, 11) is 1.28. The molecule has 0 atom stereocenters. The lowest BCUT2D eigenvalue weighted by Gasteiger charge is -2.10. The maximum atomic E-state index is 12.7. The first kappa shape index (κ1) is 16.3. The van der Waals surface area contributed by atoms with Gasteiger partial charge in [0, 0.05) is 11.1 Å². The molecule has 0 spiro atoms. The zero-order valence-electron chi connectivity index (χ0n) is 13.5. The zero-order valence-corrected chi connectivity index (χ0v) is 14.3. The zero-order chi connectivity index (χ0) is 17.1. The number of ether oxygens (including phenoxy) is 1. The molecule has 24 heavy (non-hydrogen) atoms. The molecular formula is C19H17NO3S. The van der Waals surface area contributed by atoms with Crippen molar-refractivity contribution in [3.05, 3.63) is 75.4 Å². The Kier molecular flexibility index (Phi) is 4.71. The van der Waals surface area contributed by atoms with E-state index < -0.39 is 5.97 Å². The van der Waals surface area contributed by atoms with Crippen molar-refractivity contribution in [1.82, 2.24) is 4.98 Å². The van der Waals surface area contributed by atoms with E-state index in [1.165, 1.54) is 24.4 Å². The lowest BCUT2D eigenvalue weighted by molar-refractivity contribution is 0.0594. The van der Waals surface area contributed by atoms with Gasteiger partial charge in [-0.1, -0.05) is 36.4 Å². The second-order valence-electron chi connectivity index (χ2n) is 5.41. The number of para-hydroxylation sites is 1. The van der Waals surface area contributed by atoms with Gasteiger partial charge in [-0.3, -0.25) is 4.79 Å². The average molecular weight is 339 g/mol. The number of fused-ring (bicyclic) bond motifs is 1. The van der Waals surface area contributed by atoms with E-state index in [9.17, 15) is 9.59 Å². The molecule has 0 unspecified atom stereocenters. The van der Waals surface area contributed by atoms with Crippen LogP contribution < -0.4 is 5.43 Å². The van der Waals surface area contributed by atoms with Crippen LogP contribution in [0, 0.1) is 6.92 Å². The maximum absolute atomic E-state index is 12.7. The summed E-state index contributed by atoms with van der Waals surface area (Å²) in [5.41, 5.74) is 2.81. The van der Waals surface area contributed by atoms with Crippen LogP contribution in [-0.4, -0.2) is 18.1 Å². The Balaban J connectivity index is 2.07. The van der Waals surface area contributed by atoms with Gasteiger partial charge in [-0.15, -0.1) is 11.8 Å². The molecule has 2 aromatic carbocycles. The molecule has 122 valence electrons. The number of aromatic nitrogens is 1. The SMILES string of the molecule is COC(=O)c1c(SCc2ccccc2C)[nH]c2ccccc2c1=O. The van der Waals surface area contributed by atoms with Crippen LogP contribution in [0.25, 0.3) is 10.9 Å². The molecule has 3 rings (SSSR count). The average Bonchev–Trinajstić information content (AvgIpc) is 2.60. The Morgan fingerprint density at radius 3 is 2.58 bits per heavy atom. The standard InChI is InChI=1S/C19H17NO3S/c1-12-7-3-4-8-13(12)11-24-18-16(19(22)23-2)17(21)14-9-5-6-10-15(14)20-18/h3-10H,11H2,1-2H3,(H,20,21). The fourth-order valence-electron chi connectivity index (χ4n) is 2.53. The van der Waals surface area contributed by atoms with E-state index in [1.807, 2.05) is 43.3 Å². The first-order valence-electron chi connectivity index (χ1n) is 7.52. The minimum absolute atomic E-state index is 0.0646. The second-order valence-corrected chi connectivity index (χ2v) is 6.40. The number of H-pyrrole nitrogens is 1. The molecule has 1 heterocycles. The van der Waals surface area contributed by atoms with Crippen LogP contribution in [0.5, 0.6) is 0 Å². The minimum atomic E-state index is -0.616. The molecule has 0 aliphatic rings. The minimum Gasteiger partial charge on any atom is -0.465 e. The Bertz CT molecular complexity index is 962. The number of thioether (sulfide) groups is 1. The molecule has 0 aliphatic carbocycles. The monoisotopic (exact) mass is 339 g/mol. The number of carbonyl (C=O) groups excluding carboxylic acids is 1. The van der Waals surface area contributed by atoms with Gasteiger partial charge in [-0.2, -0.15) is 0 Å². The number of hydrogen-bond acceptors (Lipinski definition) is 4. The molecule has 0 bridgehead atoms. The third kappa shape index (κ3) is 3.08. The number of pyridine rings is 1. The quantitative estimate of drug-likeness (QED) is 0.578. The maximum Gasteiger partial charge on any atom is 0.344 e. The van der Waals surface area contributed by atoms with E-state index in [2.05, 4.69) is 4.98 Å². The van der Waals surface area contributed by atoms with Gasteiger partial charge in [0.2, 0.25) is 5.43 Å². The highest BCUT2D eigenvalue weighted by Crippen LogP contribution is 2.26. The number of benzene rings is 2. The Hall–Kier alpha value is -2.53. The highest BCUT2D eigenvalue weighted by atomic mass is 32.2. The second kappa shape index (κ2) is 6.93. The van der Waals surface area contributed by atoms with E-state index in [1.54, 1.807) is 12.1 Å². The normalized spacial score (nSPS) is 10.8. The van der Waals surface area contributed by atoms with Crippen molar-refractivity contribution >= 4 is 28.6 Å². The molecule has 0 radical (unpaired) electrons. The fourth-order valence-corrected chi connectivity index (χ4v) is 3.66. The molecule has 5 heteroatoms. The van der Waals surface area contributed by atoms with E-state index in [0.29, 0.717) is 21.7 Å². The number of carbonyl (C=O) groups is 1. The first-order chi connectivity index (χ1) is 11.6. The first-order valence-corrected chi connectivity index (χ1v) is 8.51. The number of aryl methyl sites for hydroxylation is 1. The topological polar surface area (TPSA) is 59.2 Å². The summed E-state index contributed by atoms with van der Waals surface area (Å²) in [5, 5.41) is 1.02. The van der Waals surface area contributed by atoms with E-state index in [4.69, 9.17) is 4.74 Å². The number of rotatable bonds is 4. The van der Waals surface area contributed by atoms with Crippen molar-refractivity contribution < 1.29 is 9.53 Å². The van der Waals surface area contributed by atoms with Gasteiger partial charge < -0.3 is 9.72 Å². The number of esters is 1. The lowest BCUT2D eigenvalue weighted by atomic mass is 10.1. The van der Waals surface area contributed by atoms with Gasteiger partial charge in [0.1, 0.15) is 5.56 Å². The van der Waals surface area contributed by atoms with E-state index >= 15 is 0 Å². The summed E-state index contributed by atoms with van der Waals surface area (Å²) in [6, 6.07) is 15.2.